The number of ether oxygens (including phenoxy) is 1. The lowest BCUT2D eigenvalue weighted by Gasteiger charge is -2.30. The van der Waals surface area contributed by atoms with Gasteiger partial charge in [0.05, 0.1) is 5.56 Å². The minimum atomic E-state index is -0.812. The lowest BCUT2D eigenvalue weighted by molar-refractivity contribution is 0.157. The Hall–Kier alpha value is -4.13. The lowest BCUT2D eigenvalue weighted by Crippen LogP contribution is -2.28. The van der Waals surface area contributed by atoms with Crippen LogP contribution < -0.4 is 10.2 Å². The van der Waals surface area contributed by atoms with Crippen molar-refractivity contribution in [3.05, 3.63) is 68.9 Å². The third-order valence-electron chi connectivity index (χ3n) is 6.37. The number of benzene rings is 2. The Balaban J connectivity index is 1.92. The van der Waals surface area contributed by atoms with Crippen molar-refractivity contribution in [2.45, 2.75) is 59.5 Å². The molecule has 4 rings (SSSR count). The Labute approximate surface area is 215 Å². The molecule has 0 unspecified atom stereocenters. The summed E-state index contributed by atoms with van der Waals surface area (Å²) in [6.45, 7) is 9.91. The molecule has 7 nitrogen and oxygen atoms in total. The van der Waals surface area contributed by atoms with Gasteiger partial charge in [-0.05, 0) is 84.2 Å². The van der Waals surface area contributed by atoms with E-state index in [1.807, 2.05) is 32.9 Å². The Morgan fingerprint density at radius 3 is 2.41 bits per heavy atom. The maximum absolute atomic E-state index is 13.3. The summed E-state index contributed by atoms with van der Waals surface area (Å²) in [6, 6.07) is 3.80. The summed E-state index contributed by atoms with van der Waals surface area (Å²) in [5.41, 5.74) is 2.05. The highest BCUT2D eigenvalue weighted by molar-refractivity contribution is 5.97. The van der Waals surface area contributed by atoms with Gasteiger partial charge in [0.15, 0.2) is 22.8 Å². The molecule has 0 saturated carbocycles. The number of rotatable bonds is 6. The predicted octanol–water partition coefficient (Wildman–Crippen LogP) is 6.70. The summed E-state index contributed by atoms with van der Waals surface area (Å²) in [6.07, 6.45) is 9.88. The first-order chi connectivity index (χ1) is 17.4. The zero-order valence-electron chi connectivity index (χ0n) is 21.7. The van der Waals surface area contributed by atoms with Gasteiger partial charge in [-0.15, -0.1) is 0 Å². The van der Waals surface area contributed by atoms with Gasteiger partial charge in [-0.1, -0.05) is 23.3 Å². The molecule has 7 heteroatoms. The second-order valence-corrected chi connectivity index (χ2v) is 10.2. The number of aromatic hydroxyl groups is 4. The van der Waals surface area contributed by atoms with Crippen molar-refractivity contribution < 1.29 is 29.6 Å². The molecule has 4 N–H and O–H groups in total. The minimum absolute atomic E-state index is 0.0534. The van der Waals surface area contributed by atoms with E-state index in [0.717, 1.165) is 18.4 Å². The lowest BCUT2D eigenvalue weighted by atomic mass is 9.94. The summed E-state index contributed by atoms with van der Waals surface area (Å²) in [5, 5.41) is 41.5. The second kappa shape index (κ2) is 9.73. The zero-order valence-corrected chi connectivity index (χ0v) is 21.7. The van der Waals surface area contributed by atoms with Crippen LogP contribution in [0, 0.1) is 0 Å². The molecular formula is C30H32O7. The number of phenols is 3. The maximum Gasteiger partial charge on any atom is 0.238 e. The highest BCUT2D eigenvalue weighted by Crippen LogP contribution is 2.46. The molecular weight excluding hydrogens is 472 g/mol. The number of phenolic OH excluding ortho intramolecular Hbond substituents is 3. The van der Waals surface area contributed by atoms with Gasteiger partial charge in [0.1, 0.15) is 22.5 Å². The van der Waals surface area contributed by atoms with Crippen molar-refractivity contribution in [2.24, 2.45) is 0 Å². The molecule has 0 bridgehead atoms. The third-order valence-corrected chi connectivity index (χ3v) is 6.37. The second-order valence-electron chi connectivity index (χ2n) is 10.2. The van der Waals surface area contributed by atoms with Gasteiger partial charge < -0.3 is 29.6 Å². The van der Waals surface area contributed by atoms with Crippen LogP contribution in [0.3, 0.4) is 0 Å². The minimum Gasteiger partial charge on any atom is -0.507 e. The van der Waals surface area contributed by atoms with Gasteiger partial charge in [-0.3, -0.25) is 4.79 Å². The molecule has 0 atom stereocenters. The zero-order chi connectivity index (χ0) is 27.1. The topological polar surface area (TPSA) is 120 Å². The monoisotopic (exact) mass is 504 g/mol. The van der Waals surface area contributed by atoms with Gasteiger partial charge in [0.2, 0.25) is 11.2 Å². The van der Waals surface area contributed by atoms with E-state index in [-0.39, 0.29) is 33.8 Å². The van der Waals surface area contributed by atoms with Crippen LogP contribution in [0.25, 0.3) is 28.4 Å². The van der Waals surface area contributed by atoms with Crippen LogP contribution in [0.1, 0.15) is 58.6 Å². The Bertz CT molecular complexity index is 1530. The van der Waals surface area contributed by atoms with E-state index in [4.69, 9.17) is 9.15 Å². The molecule has 2 heterocycles. The normalized spacial score (nSPS) is 14.4. The van der Waals surface area contributed by atoms with E-state index in [2.05, 4.69) is 19.9 Å². The summed E-state index contributed by atoms with van der Waals surface area (Å²) in [5.74, 6) is -1.61. The molecule has 3 aromatic rings. The van der Waals surface area contributed by atoms with Crippen LogP contribution in [0.15, 0.2) is 56.8 Å². The molecule has 0 aliphatic carbocycles. The molecule has 194 valence electrons. The Kier molecular flexibility index (Phi) is 6.82. The standard InChI is InChI=1S/C30H32O7/c1-16(2)7-6-8-17(3)9-11-19-24(33)23-25(34)26(35)27(18-10-12-21(31)22(32)15-18)36-29(23)20-13-14-30(4,5)37-28(19)20/h7,9-10,12-15,31-33,35H,6,8,11H2,1-5H3/b17-9-. The van der Waals surface area contributed by atoms with E-state index in [1.165, 1.54) is 23.8 Å². The number of fused-ring (bicyclic) bond motifs is 3. The van der Waals surface area contributed by atoms with E-state index in [9.17, 15) is 25.2 Å². The molecule has 1 aromatic heterocycles. The largest absolute Gasteiger partial charge is 0.507 e. The van der Waals surface area contributed by atoms with Crippen LogP contribution in [-0.4, -0.2) is 26.0 Å². The summed E-state index contributed by atoms with van der Waals surface area (Å²) in [4.78, 5) is 13.3. The summed E-state index contributed by atoms with van der Waals surface area (Å²) < 4.78 is 12.3. The van der Waals surface area contributed by atoms with Gasteiger partial charge in [-0.2, -0.15) is 0 Å². The first kappa shape index (κ1) is 25.9. The van der Waals surface area contributed by atoms with E-state index in [1.54, 1.807) is 6.08 Å². The Morgan fingerprint density at radius 2 is 1.73 bits per heavy atom. The molecule has 0 spiro atoms. The quantitative estimate of drug-likeness (QED) is 0.218. The fourth-order valence-electron chi connectivity index (χ4n) is 4.32. The van der Waals surface area contributed by atoms with Gasteiger partial charge >= 0.3 is 0 Å². The summed E-state index contributed by atoms with van der Waals surface area (Å²) >= 11 is 0. The number of allylic oxidation sites excluding steroid dienone is 4. The average molecular weight is 505 g/mol. The molecule has 2 aromatic carbocycles. The maximum atomic E-state index is 13.3. The fourth-order valence-corrected chi connectivity index (χ4v) is 4.32. The average Bonchev–Trinajstić information content (AvgIpc) is 2.81. The number of hydrogen-bond acceptors (Lipinski definition) is 7. The summed E-state index contributed by atoms with van der Waals surface area (Å²) in [7, 11) is 0. The molecule has 1 aliphatic heterocycles. The van der Waals surface area contributed by atoms with Crippen LogP contribution in [0.4, 0.5) is 0 Å². The molecule has 0 radical (unpaired) electrons. The van der Waals surface area contributed by atoms with Gasteiger partial charge in [0, 0.05) is 11.1 Å². The van der Waals surface area contributed by atoms with E-state index in [0.29, 0.717) is 23.3 Å². The van der Waals surface area contributed by atoms with Crippen molar-refractivity contribution in [1.82, 2.24) is 0 Å². The highest BCUT2D eigenvalue weighted by atomic mass is 16.5. The first-order valence-electron chi connectivity index (χ1n) is 12.2. The predicted molar refractivity (Wildman–Crippen MR) is 144 cm³/mol. The van der Waals surface area contributed by atoms with Gasteiger partial charge in [0.25, 0.3) is 0 Å². The molecule has 0 fully saturated rings. The molecule has 1 aliphatic rings. The van der Waals surface area contributed by atoms with E-state index >= 15 is 0 Å². The van der Waals surface area contributed by atoms with Crippen molar-refractivity contribution in [2.75, 3.05) is 0 Å². The van der Waals surface area contributed by atoms with Crippen molar-refractivity contribution in [3.63, 3.8) is 0 Å². The highest BCUT2D eigenvalue weighted by Gasteiger charge is 2.31. The van der Waals surface area contributed by atoms with Crippen LogP contribution >= 0.6 is 0 Å². The van der Waals surface area contributed by atoms with Crippen LogP contribution in [-0.2, 0) is 6.42 Å². The smallest absolute Gasteiger partial charge is 0.238 e. The fraction of sp³-hybridized carbons (Fsp3) is 0.300. The SMILES string of the molecule is CC(C)=CCC/C(C)=C\Cc1c2c(c3oc(-c4ccc(O)c(O)c4)c(O)c(=O)c3c1O)C=CC(C)(C)O2. The van der Waals surface area contributed by atoms with Crippen molar-refractivity contribution in [3.8, 4) is 40.1 Å². The van der Waals surface area contributed by atoms with Crippen LogP contribution in [0.5, 0.6) is 28.7 Å². The number of hydrogen-bond donors (Lipinski definition) is 4. The van der Waals surface area contributed by atoms with Crippen LogP contribution in [0.2, 0.25) is 0 Å². The third kappa shape index (κ3) is 5.07. The first-order valence-corrected chi connectivity index (χ1v) is 12.2. The molecule has 0 amide bonds. The van der Waals surface area contributed by atoms with Crippen molar-refractivity contribution in [1.29, 1.82) is 0 Å². The Morgan fingerprint density at radius 1 is 1.00 bits per heavy atom. The van der Waals surface area contributed by atoms with Gasteiger partial charge in [-0.25, -0.2) is 0 Å². The molecule has 0 saturated heterocycles. The van der Waals surface area contributed by atoms with Crippen molar-refractivity contribution >= 4 is 17.0 Å². The van der Waals surface area contributed by atoms with E-state index < -0.39 is 22.5 Å². The molecule has 37 heavy (non-hydrogen) atoms.